The summed E-state index contributed by atoms with van der Waals surface area (Å²) in [5, 5.41) is 3.35. The number of hydrogen-bond acceptors (Lipinski definition) is 3. The standard InChI is InChI=1S/C20H22Cl2N2O3S/c21-17-8-9-18(22)19(13-17)28(26,27)24-12-4-7-16(14-24)20(25)23-11-10-15-5-2-1-3-6-15/h1-3,5-6,8-9,13,16H,4,7,10-12,14H2,(H,23,25)/t16-/m1/s1. The molecule has 1 aliphatic rings. The molecule has 5 nitrogen and oxygen atoms in total. The summed E-state index contributed by atoms with van der Waals surface area (Å²) >= 11 is 12.0. The van der Waals surface area contributed by atoms with Crippen molar-refractivity contribution in [2.24, 2.45) is 5.92 Å². The third-order valence-electron chi connectivity index (χ3n) is 4.82. The van der Waals surface area contributed by atoms with Crippen LogP contribution < -0.4 is 5.32 Å². The number of carbonyl (C=O) groups is 1. The van der Waals surface area contributed by atoms with Gasteiger partial charge in [0, 0.05) is 24.7 Å². The zero-order valence-corrected chi connectivity index (χ0v) is 17.6. The lowest BCUT2D eigenvalue weighted by atomic mass is 9.99. The predicted octanol–water partition coefficient (Wildman–Crippen LogP) is 3.75. The van der Waals surface area contributed by atoms with Crippen LogP contribution in [0.15, 0.2) is 53.4 Å². The summed E-state index contributed by atoms with van der Waals surface area (Å²) in [6.45, 7) is 1.02. The fourth-order valence-corrected chi connectivity index (χ4v) is 5.57. The van der Waals surface area contributed by atoms with Crippen molar-refractivity contribution in [2.75, 3.05) is 19.6 Å². The molecule has 0 radical (unpaired) electrons. The quantitative estimate of drug-likeness (QED) is 0.743. The zero-order valence-electron chi connectivity index (χ0n) is 15.3. The van der Waals surface area contributed by atoms with E-state index in [0.717, 1.165) is 12.0 Å². The third kappa shape index (κ3) is 5.06. The van der Waals surface area contributed by atoms with Gasteiger partial charge in [0.05, 0.1) is 10.9 Å². The molecule has 1 saturated heterocycles. The van der Waals surface area contributed by atoms with E-state index >= 15 is 0 Å². The number of sulfonamides is 1. The Morgan fingerprint density at radius 1 is 1.14 bits per heavy atom. The summed E-state index contributed by atoms with van der Waals surface area (Å²) in [5.74, 6) is -0.495. The molecule has 0 bridgehead atoms. The van der Waals surface area contributed by atoms with Crippen LogP contribution in [0.2, 0.25) is 10.0 Å². The lowest BCUT2D eigenvalue weighted by Crippen LogP contribution is -2.45. The first-order valence-electron chi connectivity index (χ1n) is 9.15. The van der Waals surface area contributed by atoms with Gasteiger partial charge in [0.1, 0.15) is 4.90 Å². The molecule has 0 aromatic heterocycles. The van der Waals surface area contributed by atoms with Crippen LogP contribution in [0, 0.1) is 5.92 Å². The van der Waals surface area contributed by atoms with Crippen molar-refractivity contribution in [1.29, 1.82) is 0 Å². The second-order valence-corrected chi connectivity index (χ2v) is 9.55. The highest BCUT2D eigenvalue weighted by Crippen LogP contribution is 2.30. The number of hydrogen-bond donors (Lipinski definition) is 1. The van der Waals surface area contributed by atoms with Gasteiger partial charge in [-0.2, -0.15) is 4.31 Å². The second-order valence-electron chi connectivity index (χ2n) is 6.80. The average Bonchev–Trinajstić information content (AvgIpc) is 2.70. The molecule has 8 heteroatoms. The molecule has 2 aromatic carbocycles. The van der Waals surface area contributed by atoms with Crippen LogP contribution in [-0.4, -0.2) is 38.3 Å². The highest BCUT2D eigenvalue weighted by atomic mass is 35.5. The van der Waals surface area contributed by atoms with Crippen LogP contribution in [0.1, 0.15) is 18.4 Å². The highest BCUT2D eigenvalue weighted by molar-refractivity contribution is 7.89. The maximum absolute atomic E-state index is 13.0. The van der Waals surface area contributed by atoms with Crippen molar-refractivity contribution in [3.05, 3.63) is 64.1 Å². The summed E-state index contributed by atoms with van der Waals surface area (Å²) in [4.78, 5) is 12.5. The minimum atomic E-state index is -3.81. The molecule has 0 spiro atoms. The van der Waals surface area contributed by atoms with Gasteiger partial charge >= 0.3 is 0 Å². The van der Waals surface area contributed by atoms with Crippen LogP contribution in [0.4, 0.5) is 0 Å². The van der Waals surface area contributed by atoms with E-state index in [4.69, 9.17) is 23.2 Å². The van der Waals surface area contributed by atoms with E-state index in [0.29, 0.717) is 31.0 Å². The molecule has 3 rings (SSSR count). The number of amides is 1. The fraction of sp³-hybridized carbons (Fsp3) is 0.350. The van der Waals surface area contributed by atoms with E-state index in [9.17, 15) is 13.2 Å². The summed E-state index contributed by atoms with van der Waals surface area (Å²) in [7, 11) is -3.81. The van der Waals surface area contributed by atoms with Crippen LogP contribution in [0.5, 0.6) is 0 Å². The normalized spacial score (nSPS) is 18.0. The molecule has 28 heavy (non-hydrogen) atoms. The van der Waals surface area contributed by atoms with Crippen molar-refractivity contribution in [2.45, 2.75) is 24.2 Å². The molecule has 1 heterocycles. The van der Waals surface area contributed by atoms with Gasteiger partial charge < -0.3 is 5.32 Å². The number of piperidine rings is 1. The van der Waals surface area contributed by atoms with Gasteiger partial charge in [0.15, 0.2) is 0 Å². The molecule has 1 aliphatic heterocycles. The first kappa shape index (κ1) is 21.1. The van der Waals surface area contributed by atoms with E-state index in [2.05, 4.69) is 5.32 Å². The molecular weight excluding hydrogens is 419 g/mol. The number of halogens is 2. The van der Waals surface area contributed by atoms with E-state index in [1.807, 2.05) is 30.3 Å². The summed E-state index contributed by atoms with van der Waals surface area (Å²) < 4.78 is 27.3. The molecule has 1 atom stereocenters. The maximum atomic E-state index is 13.0. The van der Waals surface area contributed by atoms with Gasteiger partial charge in [-0.1, -0.05) is 53.5 Å². The minimum absolute atomic E-state index is 0.0215. The summed E-state index contributed by atoms with van der Waals surface area (Å²) in [5.41, 5.74) is 1.14. The van der Waals surface area contributed by atoms with Gasteiger partial charge in [-0.25, -0.2) is 8.42 Å². The van der Waals surface area contributed by atoms with Crippen LogP contribution >= 0.6 is 23.2 Å². The number of benzene rings is 2. The predicted molar refractivity (Wildman–Crippen MR) is 111 cm³/mol. The summed E-state index contributed by atoms with van der Waals surface area (Å²) in [6, 6.07) is 14.3. The Balaban J connectivity index is 1.63. The fourth-order valence-electron chi connectivity index (χ4n) is 3.31. The van der Waals surface area contributed by atoms with Gasteiger partial charge in [-0.05, 0) is 43.0 Å². The van der Waals surface area contributed by atoms with Crippen LogP contribution in [0.25, 0.3) is 0 Å². The van der Waals surface area contributed by atoms with Crippen molar-refractivity contribution < 1.29 is 13.2 Å². The van der Waals surface area contributed by atoms with Crippen molar-refractivity contribution in [1.82, 2.24) is 9.62 Å². The molecular formula is C20H22Cl2N2O3S. The van der Waals surface area contributed by atoms with Gasteiger partial charge in [-0.3, -0.25) is 4.79 Å². The summed E-state index contributed by atoms with van der Waals surface area (Å²) in [6.07, 6.45) is 2.01. The molecule has 2 aromatic rings. The van der Waals surface area contributed by atoms with Gasteiger partial charge in [0.2, 0.25) is 15.9 Å². The average molecular weight is 441 g/mol. The monoisotopic (exact) mass is 440 g/mol. The first-order valence-corrected chi connectivity index (χ1v) is 11.3. The lowest BCUT2D eigenvalue weighted by molar-refractivity contribution is -0.126. The number of nitrogens with one attached hydrogen (secondary N) is 1. The Labute approximate surface area is 175 Å². The van der Waals surface area contributed by atoms with Crippen LogP contribution in [-0.2, 0) is 21.2 Å². The Hall–Kier alpha value is -1.60. The van der Waals surface area contributed by atoms with Crippen molar-refractivity contribution in [3.8, 4) is 0 Å². The second kappa shape index (κ2) is 9.27. The number of nitrogens with zero attached hydrogens (tertiary/aromatic N) is 1. The van der Waals surface area contributed by atoms with E-state index in [-0.39, 0.29) is 28.3 Å². The molecule has 150 valence electrons. The van der Waals surface area contributed by atoms with E-state index in [1.165, 1.54) is 16.4 Å². The Bertz CT molecular complexity index is 936. The van der Waals surface area contributed by atoms with Crippen LogP contribution in [0.3, 0.4) is 0 Å². The lowest BCUT2D eigenvalue weighted by Gasteiger charge is -2.31. The number of carbonyl (C=O) groups excluding carboxylic acids is 1. The third-order valence-corrected chi connectivity index (χ3v) is 7.40. The zero-order chi connectivity index (χ0) is 20.1. The molecule has 1 N–H and O–H groups in total. The SMILES string of the molecule is O=C(NCCc1ccccc1)[C@@H]1CCCN(S(=O)(=O)c2cc(Cl)ccc2Cl)C1. The Morgan fingerprint density at radius 3 is 2.64 bits per heavy atom. The smallest absolute Gasteiger partial charge is 0.244 e. The Kier molecular flexibility index (Phi) is 6.99. The molecule has 0 aliphatic carbocycles. The Morgan fingerprint density at radius 2 is 1.89 bits per heavy atom. The van der Waals surface area contributed by atoms with Crippen molar-refractivity contribution in [3.63, 3.8) is 0 Å². The van der Waals surface area contributed by atoms with E-state index in [1.54, 1.807) is 6.07 Å². The molecule has 1 fully saturated rings. The maximum Gasteiger partial charge on any atom is 0.244 e. The molecule has 0 saturated carbocycles. The molecule has 1 amide bonds. The minimum Gasteiger partial charge on any atom is -0.355 e. The molecule has 0 unspecified atom stereocenters. The number of rotatable bonds is 6. The van der Waals surface area contributed by atoms with E-state index < -0.39 is 10.0 Å². The highest BCUT2D eigenvalue weighted by Gasteiger charge is 2.34. The largest absolute Gasteiger partial charge is 0.355 e. The van der Waals surface area contributed by atoms with Crippen molar-refractivity contribution >= 4 is 39.1 Å². The van der Waals surface area contributed by atoms with Gasteiger partial charge in [0.25, 0.3) is 0 Å². The first-order chi connectivity index (χ1) is 13.4. The van der Waals surface area contributed by atoms with Gasteiger partial charge in [-0.15, -0.1) is 0 Å². The topological polar surface area (TPSA) is 66.5 Å².